The van der Waals surface area contributed by atoms with E-state index in [1.807, 2.05) is 30.3 Å². The molecule has 0 atom stereocenters. The fraction of sp³-hybridized carbons (Fsp3) is 0.130. The van der Waals surface area contributed by atoms with Crippen LogP contribution in [-0.4, -0.2) is 31.3 Å². The summed E-state index contributed by atoms with van der Waals surface area (Å²) in [7, 11) is -4.49. The molecule has 0 amide bonds. The van der Waals surface area contributed by atoms with Gasteiger partial charge in [-0.1, -0.05) is 42.5 Å². The average molecular weight is 515 g/mol. The van der Waals surface area contributed by atoms with Gasteiger partial charge < -0.3 is 14.2 Å². The molecule has 0 bridgehead atoms. The van der Waals surface area contributed by atoms with Crippen molar-refractivity contribution in [2.75, 3.05) is 6.61 Å². The molecule has 0 spiro atoms. The number of nitrogens with one attached hydrogen (secondary N) is 2. The third kappa shape index (κ3) is 7.22. The lowest BCUT2D eigenvalue weighted by Gasteiger charge is -2.12. The number of hydrogen-bond donors (Lipinski definition) is 2. The Balaban J connectivity index is 1.70. The van der Waals surface area contributed by atoms with Crippen molar-refractivity contribution in [3.05, 3.63) is 94.0 Å². The van der Waals surface area contributed by atoms with E-state index in [1.165, 1.54) is 30.5 Å². The van der Waals surface area contributed by atoms with Crippen LogP contribution in [0.2, 0.25) is 0 Å². The minimum Gasteiger partial charge on any atom is -0.490 e. The second-order valence-electron chi connectivity index (χ2n) is 6.94. The second kappa shape index (κ2) is 11.9. The summed E-state index contributed by atoms with van der Waals surface area (Å²) < 4.78 is 36.2. The first-order chi connectivity index (χ1) is 16.8. The monoisotopic (exact) mass is 514 g/mol. The summed E-state index contributed by atoms with van der Waals surface area (Å²) >= 11 is 5.20. The first-order valence-electron chi connectivity index (χ1n) is 10.4. The van der Waals surface area contributed by atoms with Gasteiger partial charge in [0.2, 0.25) is 0 Å². The third-order valence-corrected chi connectivity index (χ3v) is 5.99. The molecular weight excluding hydrogens is 492 g/mol. The predicted molar refractivity (Wildman–Crippen MR) is 135 cm³/mol. The summed E-state index contributed by atoms with van der Waals surface area (Å²) in [4.78, 5) is 9.88. The van der Waals surface area contributed by atoms with Gasteiger partial charge in [-0.25, -0.2) is 0 Å². The van der Waals surface area contributed by atoms with Gasteiger partial charge in [-0.3, -0.25) is 15.5 Å². The first-order valence-corrected chi connectivity index (χ1v) is 12.2. The first kappa shape index (κ1) is 25.6. The smallest absolute Gasteiger partial charge is 0.346 e. The van der Waals surface area contributed by atoms with Crippen molar-refractivity contribution in [2.24, 2.45) is 5.10 Å². The topological polar surface area (TPSA) is 132 Å². The highest BCUT2D eigenvalue weighted by atomic mass is 32.2. The van der Waals surface area contributed by atoms with Crippen molar-refractivity contribution in [1.82, 2.24) is 10.7 Å². The average Bonchev–Trinajstić information content (AvgIpc) is 2.85. The van der Waals surface area contributed by atoms with Gasteiger partial charge in [-0.2, -0.15) is 13.5 Å². The number of benzene rings is 3. The fourth-order valence-electron chi connectivity index (χ4n) is 2.91. The number of rotatable bonds is 10. The van der Waals surface area contributed by atoms with Crippen LogP contribution in [0.25, 0.3) is 0 Å². The SMILES string of the molecule is CCOc1cc(/C=N\NC(=S)NCc2ccccc2)ccc1OS(=O)(=O)c1ccccc1[N+](=O)[O-]. The summed E-state index contributed by atoms with van der Waals surface area (Å²) in [5, 5.41) is 18.6. The zero-order chi connectivity index (χ0) is 25.3. The van der Waals surface area contributed by atoms with Gasteiger partial charge in [-0.15, -0.1) is 0 Å². The molecule has 3 rings (SSSR count). The van der Waals surface area contributed by atoms with Crippen LogP contribution >= 0.6 is 12.2 Å². The summed E-state index contributed by atoms with van der Waals surface area (Å²) in [5.41, 5.74) is 3.75. The predicted octanol–water partition coefficient (Wildman–Crippen LogP) is 3.76. The molecule has 182 valence electrons. The third-order valence-electron chi connectivity index (χ3n) is 4.47. The van der Waals surface area contributed by atoms with E-state index in [2.05, 4.69) is 15.8 Å². The normalized spacial score (nSPS) is 11.1. The zero-order valence-corrected chi connectivity index (χ0v) is 20.2. The Morgan fingerprint density at radius 1 is 1.09 bits per heavy atom. The van der Waals surface area contributed by atoms with E-state index in [0.717, 1.165) is 17.7 Å². The maximum atomic E-state index is 12.7. The van der Waals surface area contributed by atoms with E-state index in [0.29, 0.717) is 17.2 Å². The second-order valence-corrected chi connectivity index (χ2v) is 8.86. The molecule has 3 aromatic carbocycles. The molecule has 0 saturated carbocycles. The Hall–Kier alpha value is -4.03. The molecule has 2 N–H and O–H groups in total. The number of hydrazone groups is 1. The molecule has 10 nitrogen and oxygen atoms in total. The van der Waals surface area contributed by atoms with Crippen molar-refractivity contribution >= 4 is 39.4 Å². The Kier molecular flexibility index (Phi) is 8.70. The van der Waals surface area contributed by atoms with E-state index >= 15 is 0 Å². The maximum absolute atomic E-state index is 12.7. The lowest BCUT2D eigenvalue weighted by Crippen LogP contribution is -2.31. The van der Waals surface area contributed by atoms with E-state index < -0.39 is 25.6 Å². The van der Waals surface area contributed by atoms with Crippen molar-refractivity contribution in [3.8, 4) is 11.5 Å². The Morgan fingerprint density at radius 3 is 2.51 bits per heavy atom. The van der Waals surface area contributed by atoms with E-state index in [1.54, 1.807) is 13.0 Å². The van der Waals surface area contributed by atoms with Crippen LogP contribution in [0.4, 0.5) is 5.69 Å². The molecule has 0 aliphatic rings. The van der Waals surface area contributed by atoms with Gasteiger partial charge in [0.25, 0.3) is 5.69 Å². The van der Waals surface area contributed by atoms with Crippen molar-refractivity contribution < 1.29 is 22.3 Å². The number of nitro benzene ring substituents is 1. The molecule has 0 aromatic heterocycles. The zero-order valence-electron chi connectivity index (χ0n) is 18.6. The Morgan fingerprint density at radius 2 is 1.80 bits per heavy atom. The molecule has 0 aliphatic heterocycles. The van der Waals surface area contributed by atoms with Gasteiger partial charge in [0.1, 0.15) is 0 Å². The van der Waals surface area contributed by atoms with Crippen LogP contribution in [-0.2, 0) is 16.7 Å². The van der Waals surface area contributed by atoms with Crippen molar-refractivity contribution in [2.45, 2.75) is 18.4 Å². The lowest BCUT2D eigenvalue weighted by molar-refractivity contribution is -0.387. The van der Waals surface area contributed by atoms with Gasteiger partial charge in [0, 0.05) is 12.6 Å². The van der Waals surface area contributed by atoms with E-state index in [4.69, 9.17) is 21.1 Å². The molecule has 35 heavy (non-hydrogen) atoms. The molecular formula is C23H22N4O6S2. The van der Waals surface area contributed by atoms with Gasteiger partial charge in [0.05, 0.1) is 17.7 Å². The fourth-order valence-corrected chi connectivity index (χ4v) is 4.14. The molecule has 3 aromatic rings. The standard InChI is InChI=1S/C23H22N4O6S2/c1-2-32-21-14-18(16-25-26-23(34)24-15-17-8-4-3-5-9-17)12-13-20(21)33-35(30,31)22-11-7-6-10-19(22)27(28)29/h3-14,16H,2,15H2,1H3,(H2,24,26,34)/b25-16-. The summed E-state index contributed by atoms with van der Waals surface area (Å²) in [5.74, 6) is 0.0125. The highest BCUT2D eigenvalue weighted by molar-refractivity contribution is 7.87. The van der Waals surface area contributed by atoms with Crippen LogP contribution < -0.4 is 19.7 Å². The molecule has 0 heterocycles. The molecule has 0 saturated heterocycles. The maximum Gasteiger partial charge on any atom is 0.346 e. The van der Waals surface area contributed by atoms with E-state index in [9.17, 15) is 18.5 Å². The van der Waals surface area contributed by atoms with Crippen molar-refractivity contribution in [3.63, 3.8) is 0 Å². The minimum atomic E-state index is -4.49. The Bertz CT molecular complexity index is 1330. The summed E-state index contributed by atoms with van der Waals surface area (Å²) in [6.07, 6.45) is 1.47. The number of hydrogen-bond acceptors (Lipinski definition) is 8. The number of nitro groups is 1. The quantitative estimate of drug-likeness (QED) is 0.136. The van der Waals surface area contributed by atoms with Crippen LogP contribution in [0.15, 0.2) is 82.8 Å². The Labute approximate surface area is 207 Å². The van der Waals surface area contributed by atoms with Gasteiger partial charge >= 0.3 is 10.1 Å². The van der Waals surface area contributed by atoms with Crippen LogP contribution in [0.1, 0.15) is 18.1 Å². The lowest BCUT2D eigenvalue weighted by atomic mass is 10.2. The number of ether oxygens (including phenoxy) is 1. The van der Waals surface area contributed by atoms with Crippen LogP contribution in [0.5, 0.6) is 11.5 Å². The number of thiocarbonyl (C=S) groups is 1. The molecule has 0 aliphatic carbocycles. The van der Waals surface area contributed by atoms with Gasteiger partial charge in [-0.05, 0) is 54.5 Å². The van der Waals surface area contributed by atoms with Crippen LogP contribution in [0, 0.1) is 10.1 Å². The van der Waals surface area contributed by atoms with Crippen LogP contribution in [0.3, 0.4) is 0 Å². The minimum absolute atomic E-state index is 0.116. The highest BCUT2D eigenvalue weighted by Crippen LogP contribution is 2.33. The van der Waals surface area contributed by atoms with Crippen molar-refractivity contribution in [1.29, 1.82) is 0 Å². The largest absolute Gasteiger partial charge is 0.490 e. The number of para-hydroxylation sites is 1. The summed E-state index contributed by atoms with van der Waals surface area (Å²) in [6.45, 7) is 2.49. The molecule has 0 radical (unpaired) electrons. The molecule has 0 unspecified atom stereocenters. The van der Waals surface area contributed by atoms with E-state index in [-0.39, 0.29) is 18.1 Å². The molecule has 12 heteroatoms. The number of nitrogens with zero attached hydrogens (tertiary/aromatic N) is 2. The highest BCUT2D eigenvalue weighted by Gasteiger charge is 2.28. The van der Waals surface area contributed by atoms with Gasteiger partial charge in [0.15, 0.2) is 21.5 Å². The summed E-state index contributed by atoms with van der Waals surface area (Å²) in [6, 6.07) is 19.1. The molecule has 0 fully saturated rings.